The van der Waals surface area contributed by atoms with Gasteiger partial charge in [0, 0.05) is 24.7 Å². The first kappa shape index (κ1) is 28.3. The lowest BCUT2D eigenvalue weighted by Gasteiger charge is -2.26. The molecule has 0 fully saturated rings. The van der Waals surface area contributed by atoms with Gasteiger partial charge in [-0.15, -0.1) is 0 Å². The van der Waals surface area contributed by atoms with Gasteiger partial charge in [0.05, 0.1) is 12.9 Å². The average Bonchev–Trinajstić information content (AvgIpc) is 3.35. The third kappa shape index (κ3) is 8.36. The molecule has 4 unspecified atom stereocenters. The number of imidazole rings is 1. The molecule has 2 aromatic rings. The third-order valence-electron chi connectivity index (χ3n) is 5.38. The summed E-state index contributed by atoms with van der Waals surface area (Å²) in [6.07, 6.45) is 2.76. The second-order valence-electron chi connectivity index (χ2n) is 8.63. The summed E-state index contributed by atoms with van der Waals surface area (Å²) in [6, 6.07) is 1.07. The zero-order valence-corrected chi connectivity index (χ0v) is 20.0. The van der Waals surface area contributed by atoms with Crippen LogP contribution in [-0.2, 0) is 32.0 Å². The van der Waals surface area contributed by atoms with E-state index in [4.69, 9.17) is 10.8 Å². The van der Waals surface area contributed by atoms with E-state index in [-0.39, 0.29) is 18.6 Å². The second kappa shape index (κ2) is 13.2. The minimum Gasteiger partial charge on any atom is -0.508 e. The summed E-state index contributed by atoms with van der Waals surface area (Å²) in [5, 5.41) is 35.6. The van der Waals surface area contributed by atoms with Crippen molar-refractivity contribution >= 4 is 23.7 Å². The van der Waals surface area contributed by atoms with Gasteiger partial charge >= 0.3 is 5.97 Å². The zero-order chi connectivity index (χ0) is 26.8. The maximum absolute atomic E-state index is 13.1. The number of H-pyrrole nitrogens is 1. The molecule has 3 amide bonds. The summed E-state index contributed by atoms with van der Waals surface area (Å²) in [7, 11) is 0. The fourth-order valence-corrected chi connectivity index (χ4v) is 3.31. The molecule has 0 radical (unpaired) electrons. The van der Waals surface area contributed by atoms with E-state index in [1.165, 1.54) is 36.8 Å². The molecule has 13 nitrogen and oxygen atoms in total. The van der Waals surface area contributed by atoms with Crippen LogP contribution < -0.4 is 21.7 Å². The molecule has 2 rings (SSSR count). The summed E-state index contributed by atoms with van der Waals surface area (Å²) in [5.74, 6) is -3.84. The average molecular weight is 505 g/mol. The Morgan fingerprint density at radius 1 is 0.972 bits per heavy atom. The number of carbonyl (C=O) groups is 4. The quantitative estimate of drug-likeness (QED) is 0.157. The lowest BCUT2D eigenvalue weighted by atomic mass is 10.0. The van der Waals surface area contributed by atoms with Crippen LogP contribution in [0.1, 0.15) is 25.1 Å². The molecule has 36 heavy (non-hydrogen) atoms. The molecule has 0 aliphatic heterocycles. The molecular formula is C23H32N6O7. The molecule has 0 spiro atoms. The highest BCUT2D eigenvalue weighted by Crippen LogP contribution is 2.12. The number of phenolic OH excluding ortho intramolecular Hbond substituents is 1. The van der Waals surface area contributed by atoms with Gasteiger partial charge in [-0.2, -0.15) is 0 Å². The number of phenols is 1. The molecule has 0 saturated carbocycles. The molecule has 0 aliphatic rings. The molecule has 1 aromatic carbocycles. The van der Waals surface area contributed by atoms with Crippen molar-refractivity contribution in [1.29, 1.82) is 0 Å². The molecule has 1 heterocycles. The number of nitrogens with zero attached hydrogens (tertiary/aromatic N) is 1. The van der Waals surface area contributed by atoms with E-state index in [2.05, 4.69) is 25.9 Å². The van der Waals surface area contributed by atoms with Crippen molar-refractivity contribution in [2.45, 2.75) is 50.9 Å². The number of aromatic amines is 1. The summed E-state index contributed by atoms with van der Waals surface area (Å²) in [4.78, 5) is 56.9. The minimum atomic E-state index is -1.31. The van der Waals surface area contributed by atoms with Crippen LogP contribution in [0.2, 0.25) is 0 Å². The van der Waals surface area contributed by atoms with Crippen molar-refractivity contribution < 1.29 is 34.5 Å². The highest BCUT2D eigenvalue weighted by Gasteiger charge is 2.32. The van der Waals surface area contributed by atoms with Gasteiger partial charge in [-0.25, -0.2) is 9.78 Å². The van der Waals surface area contributed by atoms with Crippen LogP contribution in [0.25, 0.3) is 0 Å². The number of carboxylic acid groups (broad SMARTS) is 1. The summed E-state index contributed by atoms with van der Waals surface area (Å²) < 4.78 is 0. The molecule has 4 atom stereocenters. The van der Waals surface area contributed by atoms with Crippen molar-refractivity contribution in [3.8, 4) is 5.75 Å². The molecule has 13 heteroatoms. The topological polar surface area (TPSA) is 220 Å². The Kier molecular flexibility index (Phi) is 10.4. The van der Waals surface area contributed by atoms with E-state index in [9.17, 15) is 29.4 Å². The van der Waals surface area contributed by atoms with Crippen LogP contribution >= 0.6 is 0 Å². The van der Waals surface area contributed by atoms with Crippen LogP contribution in [0.3, 0.4) is 0 Å². The summed E-state index contributed by atoms with van der Waals surface area (Å²) in [6.45, 7) is 2.74. The van der Waals surface area contributed by atoms with Gasteiger partial charge in [0.1, 0.15) is 29.9 Å². The number of hydrogen-bond acceptors (Lipinski definition) is 8. The number of benzene rings is 1. The first-order valence-electron chi connectivity index (χ1n) is 11.3. The number of aliphatic hydroxyl groups excluding tert-OH is 1. The van der Waals surface area contributed by atoms with Crippen LogP contribution in [0.15, 0.2) is 36.8 Å². The standard InChI is InChI=1S/C23H32N6O7/c1-12(2)19(29-20(32)16(24)10-30)22(34)27-17(8-14-9-25-11-26-14)21(33)28-18(23(35)36)7-13-3-5-15(31)6-4-13/h3-6,9,11-12,16-19,30-31H,7-8,10,24H2,1-2H3,(H,25,26)(H,27,34)(H,28,33)(H,29,32)(H,35,36). The number of amides is 3. The predicted molar refractivity (Wildman–Crippen MR) is 127 cm³/mol. The maximum Gasteiger partial charge on any atom is 0.326 e. The van der Waals surface area contributed by atoms with Crippen molar-refractivity contribution in [1.82, 2.24) is 25.9 Å². The SMILES string of the molecule is CC(C)C(NC(=O)C(N)CO)C(=O)NC(Cc1cnc[nH]1)C(=O)NC(Cc1ccc(O)cc1)C(=O)O. The fraction of sp³-hybridized carbons (Fsp3) is 0.435. The Hall–Kier alpha value is -3.97. The molecule has 0 saturated heterocycles. The summed E-state index contributed by atoms with van der Waals surface area (Å²) in [5.41, 5.74) is 6.60. The van der Waals surface area contributed by atoms with Crippen molar-refractivity contribution in [3.05, 3.63) is 48.0 Å². The third-order valence-corrected chi connectivity index (χ3v) is 5.38. The molecule has 196 valence electrons. The van der Waals surface area contributed by atoms with Gasteiger partial charge in [-0.1, -0.05) is 26.0 Å². The van der Waals surface area contributed by atoms with E-state index in [1.807, 2.05) is 0 Å². The Labute approximate surface area is 207 Å². The zero-order valence-electron chi connectivity index (χ0n) is 20.0. The van der Waals surface area contributed by atoms with E-state index < -0.39 is 60.4 Å². The van der Waals surface area contributed by atoms with Gasteiger partial charge in [0.2, 0.25) is 17.7 Å². The Bertz CT molecular complexity index is 1030. The molecular weight excluding hydrogens is 472 g/mol. The largest absolute Gasteiger partial charge is 0.508 e. The van der Waals surface area contributed by atoms with Crippen molar-refractivity contribution in [2.24, 2.45) is 11.7 Å². The number of carboxylic acids is 1. The fourth-order valence-electron chi connectivity index (χ4n) is 3.31. The number of aliphatic hydroxyl groups is 1. The number of aromatic hydroxyl groups is 1. The van der Waals surface area contributed by atoms with Crippen molar-refractivity contribution in [2.75, 3.05) is 6.61 Å². The lowest BCUT2D eigenvalue weighted by Crippen LogP contribution is -2.59. The number of hydrogen-bond donors (Lipinski definition) is 8. The minimum absolute atomic E-state index is 0.0173. The van der Waals surface area contributed by atoms with Gasteiger partial charge in [-0.3, -0.25) is 14.4 Å². The van der Waals surface area contributed by atoms with E-state index in [1.54, 1.807) is 13.8 Å². The monoisotopic (exact) mass is 504 g/mol. The second-order valence-corrected chi connectivity index (χ2v) is 8.63. The Balaban J connectivity index is 2.20. The maximum atomic E-state index is 13.1. The molecule has 0 aliphatic carbocycles. The normalized spacial score (nSPS) is 14.4. The number of aliphatic carboxylic acids is 1. The van der Waals surface area contributed by atoms with Gasteiger partial charge in [-0.05, 0) is 23.6 Å². The van der Waals surface area contributed by atoms with E-state index in [0.29, 0.717) is 11.3 Å². The van der Waals surface area contributed by atoms with Gasteiger partial charge in [0.25, 0.3) is 0 Å². The number of rotatable bonds is 13. The van der Waals surface area contributed by atoms with Gasteiger partial charge < -0.3 is 42.0 Å². The smallest absolute Gasteiger partial charge is 0.326 e. The first-order valence-corrected chi connectivity index (χ1v) is 11.3. The lowest BCUT2D eigenvalue weighted by molar-refractivity contribution is -0.142. The van der Waals surface area contributed by atoms with Crippen LogP contribution in [0, 0.1) is 5.92 Å². The summed E-state index contributed by atoms with van der Waals surface area (Å²) >= 11 is 0. The van der Waals surface area contributed by atoms with Gasteiger partial charge in [0.15, 0.2) is 0 Å². The Morgan fingerprint density at radius 2 is 1.61 bits per heavy atom. The molecule has 9 N–H and O–H groups in total. The van der Waals surface area contributed by atoms with E-state index >= 15 is 0 Å². The van der Waals surface area contributed by atoms with Crippen LogP contribution in [-0.4, -0.2) is 79.8 Å². The van der Waals surface area contributed by atoms with E-state index in [0.717, 1.165) is 0 Å². The Morgan fingerprint density at radius 3 is 2.14 bits per heavy atom. The number of aromatic nitrogens is 2. The van der Waals surface area contributed by atoms with Crippen molar-refractivity contribution in [3.63, 3.8) is 0 Å². The number of nitrogens with one attached hydrogen (secondary N) is 4. The number of carbonyl (C=O) groups excluding carboxylic acids is 3. The van der Waals surface area contributed by atoms with Crippen LogP contribution in [0.4, 0.5) is 0 Å². The predicted octanol–water partition coefficient (Wildman–Crippen LogP) is -1.58. The molecule has 0 bridgehead atoms. The highest BCUT2D eigenvalue weighted by atomic mass is 16.4. The van der Waals surface area contributed by atoms with Crippen LogP contribution in [0.5, 0.6) is 5.75 Å². The number of nitrogens with two attached hydrogens (primary N) is 1. The highest BCUT2D eigenvalue weighted by molar-refractivity contribution is 5.94. The molecule has 1 aromatic heterocycles. The first-order chi connectivity index (χ1) is 17.0.